The molecule has 0 aliphatic heterocycles. The Balaban J connectivity index is 2.40. The lowest BCUT2D eigenvalue weighted by Crippen LogP contribution is -1.97. The van der Waals surface area contributed by atoms with E-state index in [0.29, 0.717) is 10.7 Å². The maximum absolute atomic E-state index is 10.9. The van der Waals surface area contributed by atoms with Gasteiger partial charge < -0.3 is 5.32 Å². The molecule has 0 bridgehead atoms. The fourth-order valence-corrected chi connectivity index (χ4v) is 1.93. The van der Waals surface area contributed by atoms with Crippen molar-refractivity contribution >= 4 is 28.7 Å². The second-order valence-electron chi connectivity index (χ2n) is 4.14. The van der Waals surface area contributed by atoms with Gasteiger partial charge in [-0.15, -0.1) is 0 Å². The molecule has 0 radical (unpaired) electrons. The minimum absolute atomic E-state index is 0.0309. The molecule has 20 heavy (non-hydrogen) atoms. The van der Waals surface area contributed by atoms with Crippen molar-refractivity contribution in [1.82, 2.24) is 0 Å². The number of rotatable bonds is 3. The Morgan fingerprint density at radius 2 is 2.10 bits per heavy atom. The standard InChI is InChI=1S/C14H10ClN3O2/c1-9-12(15)3-2-4-13(9)17-11-6-5-10(8-16)14(7-11)18(19)20/h2-7,17H,1H3. The van der Waals surface area contributed by atoms with E-state index in [0.717, 1.165) is 11.3 Å². The zero-order valence-corrected chi connectivity index (χ0v) is 11.3. The maximum atomic E-state index is 10.9. The van der Waals surface area contributed by atoms with Crippen LogP contribution in [0.4, 0.5) is 17.1 Å². The molecule has 100 valence electrons. The molecule has 0 atom stereocenters. The monoisotopic (exact) mass is 287 g/mol. The summed E-state index contributed by atoms with van der Waals surface area (Å²) in [6.45, 7) is 1.85. The van der Waals surface area contributed by atoms with E-state index in [-0.39, 0.29) is 11.3 Å². The van der Waals surface area contributed by atoms with Gasteiger partial charge in [-0.2, -0.15) is 5.26 Å². The first-order valence-corrected chi connectivity index (χ1v) is 6.11. The highest BCUT2D eigenvalue weighted by atomic mass is 35.5. The van der Waals surface area contributed by atoms with E-state index in [1.165, 1.54) is 12.1 Å². The van der Waals surface area contributed by atoms with Crippen LogP contribution in [0.2, 0.25) is 5.02 Å². The summed E-state index contributed by atoms with van der Waals surface area (Å²) in [6, 6.07) is 11.5. The van der Waals surface area contributed by atoms with Crippen LogP contribution in [-0.4, -0.2) is 4.92 Å². The number of benzene rings is 2. The summed E-state index contributed by atoms with van der Waals surface area (Å²) >= 11 is 6.02. The average Bonchev–Trinajstić information content (AvgIpc) is 2.43. The molecule has 2 aromatic rings. The molecule has 2 aromatic carbocycles. The van der Waals surface area contributed by atoms with Gasteiger partial charge in [0.1, 0.15) is 11.6 Å². The topological polar surface area (TPSA) is 79.0 Å². The first-order valence-electron chi connectivity index (χ1n) is 5.73. The van der Waals surface area contributed by atoms with Gasteiger partial charge in [0.25, 0.3) is 5.69 Å². The second-order valence-corrected chi connectivity index (χ2v) is 4.55. The molecule has 0 aliphatic carbocycles. The normalized spacial score (nSPS) is 9.85. The number of halogens is 1. The molecule has 6 heteroatoms. The smallest absolute Gasteiger partial charge is 0.289 e. The van der Waals surface area contributed by atoms with Crippen LogP contribution >= 0.6 is 11.6 Å². The minimum Gasteiger partial charge on any atom is -0.355 e. The summed E-state index contributed by atoms with van der Waals surface area (Å²) in [5.74, 6) is 0. The summed E-state index contributed by atoms with van der Waals surface area (Å²) < 4.78 is 0. The highest BCUT2D eigenvalue weighted by molar-refractivity contribution is 6.31. The van der Waals surface area contributed by atoms with E-state index in [1.807, 2.05) is 13.0 Å². The SMILES string of the molecule is Cc1c(Cl)cccc1Nc1ccc(C#N)c([N+](=O)[O-])c1. The molecule has 0 spiro atoms. The summed E-state index contributed by atoms with van der Waals surface area (Å²) in [5.41, 5.74) is 1.94. The van der Waals surface area contributed by atoms with Crippen LogP contribution in [-0.2, 0) is 0 Å². The Labute approximate surface area is 120 Å². The maximum Gasteiger partial charge on any atom is 0.289 e. The van der Waals surface area contributed by atoms with Gasteiger partial charge in [0, 0.05) is 22.5 Å². The number of nitriles is 1. The van der Waals surface area contributed by atoms with E-state index >= 15 is 0 Å². The fourth-order valence-electron chi connectivity index (χ4n) is 1.75. The van der Waals surface area contributed by atoms with Crippen LogP contribution in [0.25, 0.3) is 0 Å². The summed E-state index contributed by atoms with van der Waals surface area (Å²) in [4.78, 5) is 10.3. The molecule has 0 saturated heterocycles. The van der Waals surface area contributed by atoms with Crippen molar-refractivity contribution in [2.24, 2.45) is 0 Å². The van der Waals surface area contributed by atoms with Gasteiger partial charge in [-0.1, -0.05) is 17.7 Å². The Morgan fingerprint density at radius 1 is 1.35 bits per heavy atom. The van der Waals surface area contributed by atoms with Crippen molar-refractivity contribution in [3.63, 3.8) is 0 Å². The number of nitro groups is 1. The van der Waals surface area contributed by atoms with Gasteiger partial charge in [-0.05, 0) is 36.8 Å². The third kappa shape index (κ3) is 2.71. The Kier molecular flexibility index (Phi) is 3.87. The number of hydrogen-bond acceptors (Lipinski definition) is 4. The van der Waals surface area contributed by atoms with Crippen molar-refractivity contribution in [3.05, 3.63) is 62.7 Å². The molecule has 2 rings (SSSR count). The fraction of sp³-hybridized carbons (Fsp3) is 0.0714. The van der Waals surface area contributed by atoms with Crippen molar-refractivity contribution in [2.45, 2.75) is 6.92 Å². The Hall–Kier alpha value is -2.58. The first-order chi connectivity index (χ1) is 9.52. The van der Waals surface area contributed by atoms with Gasteiger partial charge >= 0.3 is 0 Å². The molecule has 5 nitrogen and oxygen atoms in total. The van der Waals surface area contributed by atoms with Crippen molar-refractivity contribution in [2.75, 3.05) is 5.32 Å². The van der Waals surface area contributed by atoms with Crippen LogP contribution in [0, 0.1) is 28.4 Å². The number of hydrogen-bond donors (Lipinski definition) is 1. The average molecular weight is 288 g/mol. The van der Waals surface area contributed by atoms with Crippen LogP contribution in [0.15, 0.2) is 36.4 Å². The molecule has 0 fully saturated rings. The number of nitrogens with zero attached hydrogens (tertiary/aromatic N) is 2. The lowest BCUT2D eigenvalue weighted by molar-refractivity contribution is -0.385. The molecule has 0 heterocycles. The molecule has 0 aromatic heterocycles. The third-order valence-electron chi connectivity index (χ3n) is 2.86. The quantitative estimate of drug-likeness (QED) is 0.678. The highest BCUT2D eigenvalue weighted by Gasteiger charge is 2.14. The number of anilines is 2. The molecule has 0 amide bonds. The van der Waals surface area contributed by atoms with Crippen molar-refractivity contribution in [1.29, 1.82) is 5.26 Å². The van der Waals surface area contributed by atoms with E-state index in [4.69, 9.17) is 16.9 Å². The van der Waals surface area contributed by atoms with Gasteiger partial charge in [0.2, 0.25) is 0 Å². The largest absolute Gasteiger partial charge is 0.355 e. The van der Waals surface area contributed by atoms with Crippen LogP contribution in [0.3, 0.4) is 0 Å². The molecule has 0 unspecified atom stereocenters. The molecular weight excluding hydrogens is 278 g/mol. The van der Waals surface area contributed by atoms with Crippen molar-refractivity contribution < 1.29 is 4.92 Å². The predicted octanol–water partition coefficient (Wildman–Crippen LogP) is 4.17. The van der Waals surface area contributed by atoms with E-state index in [9.17, 15) is 10.1 Å². The van der Waals surface area contributed by atoms with Crippen LogP contribution in [0.5, 0.6) is 0 Å². The molecule has 1 N–H and O–H groups in total. The zero-order chi connectivity index (χ0) is 14.7. The first kappa shape index (κ1) is 13.8. The number of nitrogens with one attached hydrogen (secondary N) is 1. The van der Waals surface area contributed by atoms with Gasteiger partial charge in [0.05, 0.1) is 4.92 Å². The Bertz CT molecular complexity index is 723. The van der Waals surface area contributed by atoms with Crippen molar-refractivity contribution in [3.8, 4) is 6.07 Å². The van der Waals surface area contributed by atoms with E-state index in [2.05, 4.69) is 5.32 Å². The minimum atomic E-state index is -0.575. The van der Waals surface area contributed by atoms with E-state index in [1.54, 1.807) is 24.3 Å². The molecular formula is C14H10ClN3O2. The molecule has 0 saturated carbocycles. The summed E-state index contributed by atoms with van der Waals surface area (Å²) in [6.07, 6.45) is 0. The van der Waals surface area contributed by atoms with Gasteiger partial charge in [-0.3, -0.25) is 10.1 Å². The Morgan fingerprint density at radius 3 is 2.75 bits per heavy atom. The highest BCUT2D eigenvalue weighted by Crippen LogP contribution is 2.29. The zero-order valence-electron chi connectivity index (χ0n) is 10.6. The summed E-state index contributed by atoms with van der Waals surface area (Å²) in [7, 11) is 0. The molecule has 0 aliphatic rings. The lowest BCUT2D eigenvalue weighted by Gasteiger charge is -2.10. The number of nitro benzene ring substituents is 1. The lowest BCUT2D eigenvalue weighted by atomic mass is 10.1. The van der Waals surface area contributed by atoms with Crippen LogP contribution in [0.1, 0.15) is 11.1 Å². The third-order valence-corrected chi connectivity index (χ3v) is 3.27. The van der Waals surface area contributed by atoms with E-state index < -0.39 is 4.92 Å². The van der Waals surface area contributed by atoms with Crippen LogP contribution < -0.4 is 5.32 Å². The second kappa shape index (κ2) is 5.59. The predicted molar refractivity (Wildman–Crippen MR) is 77.3 cm³/mol. The summed E-state index contributed by atoms with van der Waals surface area (Å²) in [5, 5.41) is 23.4. The van der Waals surface area contributed by atoms with Gasteiger partial charge in [-0.25, -0.2) is 0 Å². The van der Waals surface area contributed by atoms with Gasteiger partial charge in [0.15, 0.2) is 0 Å².